The van der Waals surface area contributed by atoms with E-state index in [0.717, 1.165) is 11.3 Å². The Labute approximate surface area is 47.0 Å². The van der Waals surface area contributed by atoms with Crippen molar-refractivity contribution >= 4 is 22.7 Å². The Morgan fingerprint density at radius 1 is 1.71 bits per heavy atom. The zero-order chi connectivity index (χ0) is 5.28. The second kappa shape index (κ2) is 1.71. The monoisotopic (exact) mass is 136 g/mol. The fraction of sp³-hybridized carbons (Fsp3) is 0. The quantitative estimate of drug-likeness (QED) is 0.525. The van der Waals surface area contributed by atoms with Gasteiger partial charge in [0, 0.05) is 5.38 Å². The fourth-order valence-corrected chi connectivity index (χ4v) is 1.48. The molecule has 0 aliphatic rings. The van der Waals surface area contributed by atoms with Crippen molar-refractivity contribution < 1.29 is 4.39 Å². The minimum Gasteiger partial charge on any atom is -0.265 e. The van der Waals surface area contributed by atoms with Crippen molar-refractivity contribution in [1.29, 1.82) is 0 Å². The SMILES string of the molecule is O=c1scc(F)s1. The van der Waals surface area contributed by atoms with Crippen LogP contribution in [0.3, 0.4) is 0 Å². The molecule has 0 spiro atoms. The van der Waals surface area contributed by atoms with Gasteiger partial charge in [0.25, 0.3) is 4.06 Å². The Kier molecular flexibility index (Phi) is 1.21. The second-order valence-corrected chi connectivity index (χ2v) is 2.96. The van der Waals surface area contributed by atoms with Gasteiger partial charge < -0.3 is 0 Å². The molecule has 1 rings (SSSR count). The summed E-state index contributed by atoms with van der Waals surface area (Å²) in [6.07, 6.45) is 0. The predicted molar refractivity (Wildman–Crippen MR) is 28.4 cm³/mol. The Bertz CT molecular complexity index is 201. The van der Waals surface area contributed by atoms with Gasteiger partial charge in [-0.2, -0.15) is 4.39 Å². The molecule has 0 saturated carbocycles. The van der Waals surface area contributed by atoms with Gasteiger partial charge in [-0.3, -0.25) is 4.79 Å². The van der Waals surface area contributed by atoms with Crippen molar-refractivity contribution in [2.75, 3.05) is 0 Å². The largest absolute Gasteiger partial charge is 0.290 e. The lowest BCUT2D eigenvalue weighted by molar-refractivity contribution is 0.659. The smallest absolute Gasteiger partial charge is 0.265 e. The van der Waals surface area contributed by atoms with Crippen molar-refractivity contribution in [2.45, 2.75) is 0 Å². The summed E-state index contributed by atoms with van der Waals surface area (Å²) < 4.78 is 11.6. The second-order valence-electron chi connectivity index (χ2n) is 0.892. The van der Waals surface area contributed by atoms with Gasteiger partial charge >= 0.3 is 0 Å². The zero-order valence-electron chi connectivity index (χ0n) is 3.18. The highest BCUT2D eigenvalue weighted by molar-refractivity contribution is 7.25. The summed E-state index contributed by atoms with van der Waals surface area (Å²) in [5, 5.41) is 0.808. The molecule has 0 N–H and O–H groups in total. The highest BCUT2D eigenvalue weighted by atomic mass is 32.2. The van der Waals surface area contributed by atoms with Crippen LogP contribution in [0.4, 0.5) is 4.39 Å². The summed E-state index contributed by atoms with van der Waals surface area (Å²) in [4.78, 5) is 10.1. The third kappa shape index (κ3) is 1.07. The van der Waals surface area contributed by atoms with E-state index < -0.39 is 5.13 Å². The van der Waals surface area contributed by atoms with E-state index in [1.807, 2.05) is 0 Å². The van der Waals surface area contributed by atoms with Crippen LogP contribution >= 0.6 is 22.7 Å². The Balaban J connectivity index is 3.30. The van der Waals surface area contributed by atoms with Gasteiger partial charge in [0.2, 0.25) is 0 Å². The van der Waals surface area contributed by atoms with Crippen molar-refractivity contribution in [3.05, 3.63) is 19.4 Å². The lowest BCUT2D eigenvalue weighted by Crippen LogP contribution is -1.73. The molecule has 1 heterocycles. The van der Waals surface area contributed by atoms with Crippen LogP contribution in [-0.2, 0) is 0 Å². The van der Waals surface area contributed by atoms with Crippen LogP contribution in [0.5, 0.6) is 0 Å². The molecule has 1 nitrogen and oxygen atoms in total. The van der Waals surface area contributed by atoms with Crippen molar-refractivity contribution in [2.24, 2.45) is 0 Å². The molecule has 38 valence electrons. The van der Waals surface area contributed by atoms with E-state index in [-0.39, 0.29) is 4.06 Å². The third-order valence-corrected chi connectivity index (χ3v) is 2.11. The van der Waals surface area contributed by atoms with Gasteiger partial charge in [-0.1, -0.05) is 22.7 Å². The minimum atomic E-state index is -0.394. The maximum absolute atomic E-state index is 11.8. The van der Waals surface area contributed by atoms with Crippen molar-refractivity contribution in [3.8, 4) is 0 Å². The number of halogens is 1. The first-order chi connectivity index (χ1) is 3.29. The lowest BCUT2D eigenvalue weighted by atomic mass is 11.1. The molecule has 0 unspecified atom stereocenters. The summed E-state index contributed by atoms with van der Waals surface area (Å²) >= 11 is 1.53. The first-order valence-electron chi connectivity index (χ1n) is 1.53. The summed E-state index contributed by atoms with van der Waals surface area (Å²) in [6.45, 7) is 0. The van der Waals surface area contributed by atoms with Gasteiger partial charge in [-0.05, 0) is 0 Å². The molecule has 0 atom stereocenters. The summed E-state index contributed by atoms with van der Waals surface area (Å²) in [7, 11) is 0. The standard InChI is InChI=1S/C3HFOS2/c4-2-1-6-3(5)7-2/h1H. The van der Waals surface area contributed by atoms with Crippen molar-refractivity contribution in [3.63, 3.8) is 0 Å². The Morgan fingerprint density at radius 2 is 2.43 bits per heavy atom. The molecule has 0 aliphatic heterocycles. The summed E-state index contributed by atoms with van der Waals surface area (Å²) in [6, 6.07) is 0. The fourth-order valence-electron chi connectivity index (χ4n) is 0.222. The van der Waals surface area contributed by atoms with Gasteiger partial charge in [-0.15, -0.1) is 0 Å². The molecule has 0 aromatic carbocycles. The van der Waals surface area contributed by atoms with Crippen LogP contribution in [-0.4, -0.2) is 0 Å². The average Bonchev–Trinajstić information content (AvgIpc) is 1.87. The molecule has 0 saturated heterocycles. The molecular weight excluding hydrogens is 135 g/mol. The van der Waals surface area contributed by atoms with Gasteiger partial charge in [0.15, 0.2) is 5.13 Å². The number of hydrogen-bond donors (Lipinski definition) is 0. The van der Waals surface area contributed by atoms with Crippen molar-refractivity contribution in [1.82, 2.24) is 0 Å². The van der Waals surface area contributed by atoms with E-state index in [4.69, 9.17) is 0 Å². The molecule has 0 radical (unpaired) electrons. The zero-order valence-corrected chi connectivity index (χ0v) is 4.81. The van der Waals surface area contributed by atoms with Crippen LogP contribution in [0.1, 0.15) is 0 Å². The van der Waals surface area contributed by atoms with Gasteiger partial charge in [-0.25, -0.2) is 0 Å². The first kappa shape index (κ1) is 4.93. The normalized spacial score (nSPS) is 9.29. The Morgan fingerprint density at radius 3 is 2.57 bits per heavy atom. The highest BCUT2D eigenvalue weighted by Gasteiger charge is 1.90. The number of hydrogen-bond acceptors (Lipinski definition) is 3. The van der Waals surface area contributed by atoms with E-state index in [0.29, 0.717) is 11.3 Å². The summed E-state index contributed by atoms with van der Waals surface area (Å²) in [5.41, 5.74) is 0. The minimum absolute atomic E-state index is 0.183. The molecule has 0 aliphatic carbocycles. The van der Waals surface area contributed by atoms with E-state index in [2.05, 4.69) is 0 Å². The predicted octanol–water partition coefficient (Wildman–Crippen LogP) is 1.31. The van der Waals surface area contributed by atoms with E-state index in [9.17, 15) is 9.18 Å². The molecule has 7 heavy (non-hydrogen) atoms. The van der Waals surface area contributed by atoms with Crippen LogP contribution < -0.4 is 4.06 Å². The average molecular weight is 136 g/mol. The highest BCUT2D eigenvalue weighted by Crippen LogP contribution is 2.01. The Hall–Kier alpha value is -0.220. The van der Waals surface area contributed by atoms with Crippen LogP contribution in [0.2, 0.25) is 0 Å². The van der Waals surface area contributed by atoms with Crippen LogP contribution in [0, 0.1) is 5.13 Å². The van der Waals surface area contributed by atoms with Crippen LogP contribution in [0.15, 0.2) is 10.2 Å². The third-order valence-electron chi connectivity index (χ3n) is 0.429. The molecule has 1 aromatic rings. The maximum atomic E-state index is 11.8. The molecular formula is C3HFOS2. The lowest BCUT2D eigenvalue weighted by Gasteiger charge is -1.58. The topological polar surface area (TPSA) is 17.1 Å². The van der Waals surface area contributed by atoms with Crippen LogP contribution in [0.25, 0.3) is 0 Å². The van der Waals surface area contributed by atoms with E-state index in [1.54, 1.807) is 0 Å². The summed E-state index contributed by atoms with van der Waals surface area (Å²) in [5.74, 6) is 0. The molecule has 4 heteroatoms. The first-order valence-corrected chi connectivity index (χ1v) is 3.23. The number of rotatable bonds is 0. The van der Waals surface area contributed by atoms with Gasteiger partial charge in [0.1, 0.15) is 0 Å². The maximum Gasteiger partial charge on any atom is 0.290 e. The molecule has 1 aromatic heterocycles. The molecule has 0 fully saturated rings. The molecule has 0 bridgehead atoms. The van der Waals surface area contributed by atoms with E-state index >= 15 is 0 Å². The van der Waals surface area contributed by atoms with E-state index in [1.165, 1.54) is 5.38 Å². The molecule has 0 amide bonds. The van der Waals surface area contributed by atoms with Gasteiger partial charge in [0.05, 0.1) is 0 Å².